The highest BCUT2D eigenvalue weighted by molar-refractivity contribution is 7.89. The van der Waals surface area contributed by atoms with E-state index in [9.17, 15) is 18.0 Å². The largest absolute Gasteiger partial charge is 0.462 e. The molecule has 2 heterocycles. The van der Waals surface area contributed by atoms with Gasteiger partial charge in [-0.1, -0.05) is 19.3 Å². The molecule has 0 aliphatic carbocycles. The van der Waals surface area contributed by atoms with Crippen LogP contribution in [0, 0.1) is 5.92 Å². The molecular weight excluding hydrogens is 404 g/mol. The van der Waals surface area contributed by atoms with Gasteiger partial charge >= 0.3 is 5.97 Å². The van der Waals surface area contributed by atoms with Gasteiger partial charge in [0.1, 0.15) is 0 Å². The van der Waals surface area contributed by atoms with Gasteiger partial charge < -0.3 is 9.64 Å². The van der Waals surface area contributed by atoms with Crippen molar-refractivity contribution in [3.63, 3.8) is 0 Å². The Hall–Kier alpha value is -1.93. The standard InChI is InChI=1S/C22H32N2O5S/c1-2-29-22(26)19-8-10-20(11-9-19)30(27,28)24-16-12-18(13-17-24)21(25)23-14-6-4-3-5-7-15-23/h8-11,18H,2-7,12-17H2,1H3. The molecule has 0 N–H and O–H groups in total. The number of nitrogens with zero attached hydrogens (tertiary/aromatic N) is 2. The number of sulfonamides is 1. The molecule has 0 spiro atoms. The molecule has 166 valence electrons. The third kappa shape index (κ3) is 5.40. The number of piperidine rings is 1. The fourth-order valence-corrected chi connectivity index (χ4v) is 5.67. The number of carbonyl (C=O) groups is 2. The Kier molecular flexibility index (Phi) is 7.88. The fraction of sp³-hybridized carbons (Fsp3) is 0.636. The second-order valence-corrected chi connectivity index (χ2v) is 9.95. The molecule has 0 aromatic heterocycles. The Labute approximate surface area is 179 Å². The number of rotatable bonds is 5. The lowest BCUT2D eigenvalue weighted by atomic mass is 9.95. The van der Waals surface area contributed by atoms with Crippen LogP contribution in [0.3, 0.4) is 0 Å². The van der Waals surface area contributed by atoms with Crippen LogP contribution in [0.4, 0.5) is 0 Å². The summed E-state index contributed by atoms with van der Waals surface area (Å²) in [6, 6.07) is 5.84. The third-order valence-corrected chi connectivity index (χ3v) is 7.89. The molecule has 1 aromatic rings. The van der Waals surface area contributed by atoms with Gasteiger partial charge in [-0.2, -0.15) is 4.31 Å². The molecule has 2 fully saturated rings. The van der Waals surface area contributed by atoms with Gasteiger partial charge in [0.25, 0.3) is 0 Å². The smallest absolute Gasteiger partial charge is 0.338 e. The molecule has 0 bridgehead atoms. The molecule has 2 aliphatic rings. The van der Waals surface area contributed by atoms with Gasteiger partial charge in [-0.25, -0.2) is 13.2 Å². The summed E-state index contributed by atoms with van der Waals surface area (Å²) in [6.45, 7) is 4.32. The zero-order chi connectivity index (χ0) is 21.6. The summed E-state index contributed by atoms with van der Waals surface area (Å²) in [5, 5.41) is 0. The summed E-state index contributed by atoms with van der Waals surface area (Å²) in [4.78, 5) is 26.8. The van der Waals surface area contributed by atoms with Gasteiger partial charge in [-0.15, -0.1) is 0 Å². The van der Waals surface area contributed by atoms with Gasteiger partial charge in [-0.3, -0.25) is 4.79 Å². The number of likely N-dealkylation sites (tertiary alicyclic amines) is 1. The first-order chi connectivity index (χ1) is 14.4. The molecule has 30 heavy (non-hydrogen) atoms. The molecule has 2 saturated heterocycles. The minimum Gasteiger partial charge on any atom is -0.462 e. The quantitative estimate of drug-likeness (QED) is 0.663. The van der Waals surface area contributed by atoms with E-state index in [4.69, 9.17) is 4.74 Å². The molecule has 2 aliphatic heterocycles. The molecule has 1 amide bonds. The highest BCUT2D eigenvalue weighted by atomic mass is 32.2. The predicted octanol–water partition coefficient (Wildman–Crippen LogP) is 3.06. The van der Waals surface area contributed by atoms with E-state index in [1.165, 1.54) is 47.8 Å². The van der Waals surface area contributed by atoms with Crippen LogP contribution in [-0.4, -0.2) is 62.3 Å². The number of carbonyl (C=O) groups excluding carboxylic acids is 2. The second kappa shape index (κ2) is 10.4. The van der Waals surface area contributed by atoms with Crippen LogP contribution in [0.2, 0.25) is 0 Å². The lowest BCUT2D eigenvalue weighted by Gasteiger charge is -2.34. The van der Waals surface area contributed by atoms with E-state index in [-0.39, 0.29) is 23.3 Å². The van der Waals surface area contributed by atoms with Crippen LogP contribution in [0.15, 0.2) is 29.2 Å². The summed E-state index contributed by atoms with van der Waals surface area (Å²) in [5.74, 6) is -0.375. The van der Waals surface area contributed by atoms with Crippen molar-refractivity contribution < 1.29 is 22.7 Å². The molecule has 3 rings (SSSR count). The first kappa shape index (κ1) is 22.7. The molecule has 0 radical (unpaired) electrons. The Morgan fingerprint density at radius 3 is 2.07 bits per heavy atom. The summed E-state index contributed by atoms with van der Waals surface area (Å²) in [7, 11) is -3.65. The van der Waals surface area contributed by atoms with Crippen molar-refractivity contribution in [1.82, 2.24) is 9.21 Å². The van der Waals surface area contributed by atoms with E-state index in [1.54, 1.807) is 6.92 Å². The van der Waals surface area contributed by atoms with Crippen LogP contribution in [-0.2, 0) is 19.6 Å². The van der Waals surface area contributed by atoms with Crippen LogP contribution >= 0.6 is 0 Å². The van der Waals surface area contributed by atoms with E-state index < -0.39 is 16.0 Å². The normalized spacial score (nSPS) is 19.7. The Morgan fingerprint density at radius 2 is 1.50 bits per heavy atom. The van der Waals surface area contributed by atoms with Crippen molar-refractivity contribution in [2.24, 2.45) is 5.92 Å². The first-order valence-corrected chi connectivity index (χ1v) is 12.4. The lowest BCUT2D eigenvalue weighted by Crippen LogP contribution is -2.45. The first-order valence-electron chi connectivity index (χ1n) is 11.0. The number of benzene rings is 1. The number of esters is 1. The lowest BCUT2D eigenvalue weighted by molar-refractivity contribution is -0.137. The van der Waals surface area contributed by atoms with Gasteiger partial charge in [0.05, 0.1) is 17.1 Å². The summed E-state index contributed by atoms with van der Waals surface area (Å²) >= 11 is 0. The van der Waals surface area contributed by atoms with Crippen LogP contribution < -0.4 is 0 Å². The van der Waals surface area contributed by atoms with Crippen molar-refractivity contribution in [3.8, 4) is 0 Å². The highest BCUT2D eigenvalue weighted by Crippen LogP contribution is 2.26. The van der Waals surface area contributed by atoms with Gasteiger partial charge in [0.2, 0.25) is 15.9 Å². The summed E-state index contributed by atoms with van der Waals surface area (Å²) < 4.78 is 32.3. The van der Waals surface area contributed by atoms with Crippen molar-refractivity contribution in [3.05, 3.63) is 29.8 Å². The van der Waals surface area contributed by atoms with E-state index >= 15 is 0 Å². The van der Waals surface area contributed by atoms with E-state index in [0.717, 1.165) is 25.9 Å². The number of hydrogen-bond acceptors (Lipinski definition) is 5. The van der Waals surface area contributed by atoms with Crippen LogP contribution in [0.1, 0.15) is 62.2 Å². The van der Waals surface area contributed by atoms with Crippen molar-refractivity contribution >= 4 is 21.9 Å². The third-order valence-electron chi connectivity index (χ3n) is 5.97. The maximum atomic E-state index is 13.0. The highest BCUT2D eigenvalue weighted by Gasteiger charge is 2.33. The van der Waals surface area contributed by atoms with Crippen molar-refractivity contribution in [2.75, 3.05) is 32.8 Å². The van der Waals surface area contributed by atoms with Gasteiger partial charge in [-0.05, 0) is 56.9 Å². The predicted molar refractivity (Wildman–Crippen MR) is 114 cm³/mol. The minimum absolute atomic E-state index is 0.0953. The topological polar surface area (TPSA) is 84.0 Å². The average Bonchev–Trinajstić information content (AvgIpc) is 2.73. The molecule has 7 nitrogen and oxygen atoms in total. The molecule has 0 saturated carbocycles. The summed E-state index contributed by atoms with van der Waals surface area (Å²) in [6.07, 6.45) is 6.82. The zero-order valence-corrected chi connectivity index (χ0v) is 18.5. The average molecular weight is 437 g/mol. The molecular formula is C22H32N2O5S. The summed E-state index contributed by atoms with van der Waals surface area (Å²) in [5.41, 5.74) is 0.327. The maximum Gasteiger partial charge on any atom is 0.338 e. The van der Waals surface area contributed by atoms with Crippen LogP contribution in [0.25, 0.3) is 0 Å². The Balaban J connectivity index is 1.59. The Morgan fingerprint density at radius 1 is 0.933 bits per heavy atom. The van der Waals surface area contributed by atoms with Crippen molar-refractivity contribution in [2.45, 2.75) is 56.8 Å². The molecule has 0 unspecified atom stereocenters. The van der Waals surface area contributed by atoms with E-state index in [2.05, 4.69) is 0 Å². The monoisotopic (exact) mass is 436 g/mol. The molecule has 1 aromatic carbocycles. The van der Waals surface area contributed by atoms with E-state index in [0.29, 0.717) is 31.5 Å². The number of amides is 1. The van der Waals surface area contributed by atoms with Gasteiger partial charge in [0.15, 0.2) is 0 Å². The second-order valence-electron chi connectivity index (χ2n) is 8.02. The number of ether oxygens (including phenoxy) is 1. The van der Waals surface area contributed by atoms with Gasteiger partial charge in [0, 0.05) is 32.1 Å². The SMILES string of the molecule is CCOC(=O)c1ccc(S(=O)(=O)N2CCC(C(=O)N3CCCCCCC3)CC2)cc1. The zero-order valence-electron chi connectivity index (χ0n) is 17.7. The fourth-order valence-electron chi connectivity index (χ4n) is 4.20. The number of hydrogen-bond donors (Lipinski definition) is 0. The van der Waals surface area contributed by atoms with Crippen LogP contribution in [0.5, 0.6) is 0 Å². The molecule has 8 heteroatoms. The Bertz CT molecular complexity index is 822. The van der Waals surface area contributed by atoms with E-state index in [1.807, 2.05) is 4.90 Å². The van der Waals surface area contributed by atoms with Crippen molar-refractivity contribution in [1.29, 1.82) is 0 Å². The minimum atomic E-state index is -3.65. The molecule has 0 atom stereocenters. The maximum absolute atomic E-state index is 13.0.